The van der Waals surface area contributed by atoms with Crippen molar-refractivity contribution in [1.29, 1.82) is 0 Å². The molecule has 12 nitrogen and oxygen atoms in total. The number of hydrogen-bond acceptors (Lipinski definition) is 9. The van der Waals surface area contributed by atoms with Crippen LogP contribution in [-0.4, -0.2) is 40.6 Å². The van der Waals surface area contributed by atoms with Gasteiger partial charge in [-0.1, -0.05) is 41.4 Å². The summed E-state index contributed by atoms with van der Waals surface area (Å²) in [5.74, 6) is 0.270. The summed E-state index contributed by atoms with van der Waals surface area (Å²) >= 11 is 12.5. The summed E-state index contributed by atoms with van der Waals surface area (Å²) < 4.78 is 36.7. The van der Waals surface area contributed by atoms with E-state index >= 15 is 0 Å². The quantitative estimate of drug-likeness (QED) is 0.0939. The molecule has 260 valence electrons. The van der Waals surface area contributed by atoms with Crippen LogP contribution < -0.4 is 14.8 Å². The van der Waals surface area contributed by atoms with Crippen LogP contribution in [0.3, 0.4) is 0 Å². The molecule has 0 saturated heterocycles. The zero-order valence-corrected chi connectivity index (χ0v) is 29.6. The van der Waals surface area contributed by atoms with Crippen LogP contribution in [0.15, 0.2) is 102 Å². The van der Waals surface area contributed by atoms with E-state index in [-0.39, 0.29) is 35.1 Å². The third kappa shape index (κ3) is 8.12. The molecule has 0 bridgehead atoms. The van der Waals surface area contributed by atoms with Crippen LogP contribution in [0.1, 0.15) is 32.7 Å². The maximum Gasteiger partial charge on any atom is 0.292 e. The number of fused-ring (bicyclic) bond motifs is 1. The Morgan fingerprint density at radius 2 is 1.69 bits per heavy atom. The highest BCUT2D eigenvalue weighted by atomic mass is 35.5. The van der Waals surface area contributed by atoms with Crippen LogP contribution in [0.25, 0.3) is 10.9 Å². The SMILES string of the molecule is Cc1cc(Oc2ccc(Cn3nc4cc(Cl)ccc4c3C(=O)NS(=O)(=O)c3ccc([N+](=O)[O-])c(NCCc4cccnc4)c3)cc2)cc(C)c1Cl. The molecule has 0 aliphatic heterocycles. The molecule has 0 spiro atoms. The van der Waals surface area contributed by atoms with Gasteiger partial charge in [0.25, 0.3) is 21.6 Å². The van der Waals surface area contributed by atoms with Crippen molar-refractivity contribution in [3.63, 3.8) is 0 Å². The molecule has 0 aliphatic carbocycles. The summed E-state index contributed by atoms with van der Waals surface area (Å²) in [5, 5.41) is 20.7. The Morgan fingerprint density at radius 3 is 2.37 bits per heavy atom. The molecule has 0 fully saturated rings. The van der Waals surface area contributed by atoms with Gasteiger partial charge < -0.3 is 10.1 Å². The molecule has 6 rings (SSSR count). The van der Waals surface area contributed by atoms with Crippen molar-refractivity contribution in [2.45, 2.75) is 31.7 Å². The van der Waals surface area contributed by atoms with Gasteiger partial charge in [0, 0.05) is 40.4 Å². The average Bonchev–Trinajstić information content (AvgIpc) is 3.45. The van der Waals surface area contributed by atoms with Gasteiger partial charge in [-0.15, -0.1) is 0 Å². The van der Waals surface area contributed by atoms with Crippen molar-refractivity contribution < 1.29 is 22.9 Å². The number of anilines is 1. The number of nitrogens with one attached hydrogen (secondary N) is 2. The normalized spacial score (nSPS) is 11.4. The second kappa shape index (κ2) is 14.8. The van der Waals surface area contributed by atoms with E-state index < -0.39 is 20.9 Å². The molecule has 0 saturated carbocycles. The van der Waals surface area contributed by atoms with E-state index in [2.05, 4.69) is 20.1 Å². The molecule has 4 aromatic carbocycles. The lowest BCUT2D eigenvalue weighted by molar-refractivity contribution is -0.384. The molecular formula is C36H30Cl2N6O6S. The number of sulfonamides is 1. The number of halogens is 2. The maximum absolute atomic E-state index is 13.8. The number of amides is 1. The van der Waals surface area contributed by atoms with Crippen molar-refractivity contribution in [1.82, 2.24) is 19.5 Å². The van der Waals surface area contributed by atoms with E-state index in [1.54, 1.807) is 48.8 Å². The number of rotatable bonds is 12. The molecule has 2 heterocycles. The zero-order chi connectivity index (χ0) is 36.3. The average molecular weight is 746 g/mol. The van der Waals surface area contributed by atoms with Gasteiger partial charge in [-0.3, -0.25) is 24.6 Å². The highest BCUT2D eigenvalue weighted by Crippen LogP contribution is 2.31. The van der Waals surface area contributed by atoms with Crippen molar-refractivity contribution in [3.8, 4) is 11.5 Å². The summed E-state index contributed by atoms with van der Waals surface area (Å²) in [7, 11) is -4.50. The van der Waals surface area contributed by atoms with Crippen molar-refractivity contribution in [2.24, 2.45) is 0 Å². The van der Waals surface area contributed by atoms with Crippen LogP contribution >= 0.6 is 23.2 Å². The first-order valence-electron chi connectivity index (χ1n) is 15.6. The Kier molecular flexibility index (Phi) is 10.2. The molecule has 0 aliphatic rings. The van der Waals surface area contributed by atoms with Gasteiger partial charge in [-0.2, -0.15) is 5.10 Å². The Hall–Kier alpha value is -5.50. The second-order valence-corrected chi connectivity index (χ2v) is 14.2. The van der Waals surface area contributed by atoms with E-state index in [1.165, 1.54) is 4.68 Å². The third-order valence-electron chi connectivity index (χ3n) is 7.97. The topological polar surface area (TPSA) is 158 Å². The van der Waals surface area contributed by atoms with Gasteiger partial charge in [0.1, 0.15) is 22.9 Å². The summed E-state index contributed by atoms with van der Waals surface area (Å²) in [6.07, 6.45) is 3.79. The van der Waals surface area contributed by atoms with E-state index in [9.17, 15) is 23.3 Å². The Balaban J connectivity index is 1.24. The van der Waals surface area contributed by atoms with E-state index in [1.807, 2.05) is 44.2 Å². The lowest BCUT2D eigenvalue weighted by Gasteiger charge is -2.12. The summed E-state index contributed by atoms with van der Waals surface area (Å²) in [4.78, 5) is 28.6. The third-order valence-corrected chi connectivity index (χ3v) is 10.1. The monoisotopic (exact) mass is 744 g/mol. The van der Waals surface area contributed by atoms with Crippen molar-refractivity contribution >= 4 is 61.4 Å². The minimum absolute atomic E-state index is 0.0156. The zero-order valence-electron chi connectivity index (χ0n) is 27.3. The molecule has 6 aromatic rings. The summed E-state index contributed by atoms with van der Waals surface area (Å²) in [6.45, 7) is 4.18. The Morgan fingerprint density at radius 1 is 0.941 bits per heavy atom. The first-order valence-corrected chi connectivity index (χ1v) is 17.8. The van der Waals surface area contributed by atoms with Crippen LogP contribution in [0.5, 0.6) is 11.5 Å². The smallest absolute Gasteiger partial charge is 0.292 e. The van der Waals surface area contributed by atoms with Gasteiger partial charge in [0.05, 0.1) is 21.9 Å². The molecule has 0 atom stereocenters. The number of carbonyl (C=O) groups excluding carboxylic acids is 1. The maximum atomic E-state index is 13.8. The highest BCUT2D eigenvalue weighted by Gasteiger charge is 2.27. The number of pyridine rings is 1. The highest BCUT2D eigenvalue weighted by molar-refractivity contribution is 7.90. The van der Waals surface area contributed by atoms with E-state index in [0.717, 1.165) is 40.5 Å². The minimum atomic E-state index is -4.50. The first-order chi connectivity index (χ1) is 24.4. The van der Waals surface area contributed by atoms with Gasteiger partial charge >= 0.3 is 0 Å². The summed E-state index contributed by atoms with van der Waals surface area (Å²) in [5.41, 5.74) is 3.46. The van der Waals surface area contributed by atoms with Gasteiger partial charge in [0.15, 0.2) is 0 Å². The van der Waals surface area contributed by atoms with Gasteiger partial charge in [-0.25, -0.2) is 13.1 Å². The number of hydrogen-bond donors (Lipinski definition) is 2. The van der Waals surface area contributed by atoms with Crippen LogP contribution in [0.2, 0.25) is 10.0 Å². The number of aryl methyl sites for hydroxylation is 2. The second-order valence-electron chi connectivity index (χ2n) is 11.7. The number of carbonyl (C=O) groups is 1. The Bertz CT molecular complexity index is 2360. The predicted octanol–water partition coefficient (Wildman–Crippen LogP) is 7.88. The lowest BCUT2D eigenvalue weighted by Crippen LogP contribution is -2.32. The number of ether oxygens (including phenoxy) is 1. The Labute approximate surface area is 303 Å². The molecule has 1 amide bonds. The lowest BCUT2D eigenvalue weighted by atomic mass is 10.1. The molecular weight excluding hydrogens is 715 g/mol. The molecule has 0 unspecified atom stereocenters. The number of nitro groups is 1. The largest absolute Gasteiger partial charge is 0.457 e. The van der Waals surface area contributed by atoms with Crippen LogP contribution in [-0.2, 0) is 23.0 Å². The fourth-order valence-electron chi connectivity index (χ4n) is 5.50. The molecule has 2 aromatic heterocycles. The van der Waals surface area contributed by atoms with Gasteiger partial charge in [-0.05, 0) is 103 Å². The number of aromatic nitrogens is 3. The van der Waals surface area contributed by atoms with E-state index in [4.69, 9.17) is 27.9 Å². The van der Waals surface area contributed by atoms with Gasteiger partial charge in [0.2, 0.25) is 0 Å². The van der Waals surface area contributed by atoms with Crippen molar-refractivity contribution in [2.75, 3.05) is 11.9 Å². The standard InChI is InChI=1S/C36H30Cl2N6O6S/c1-22-16-28(17-23(2)34(22)38)50-27-8-5-25(6-9-27)21-43-35(30-11-7-26(37)18-31(30)41-43)36(45)42-51(48,49)29-10-12-33(44(46)47)32(19-29)40-15-13-24-4-3-14-39-20-24/h3-12,14,16-20,40H,13,15,21H2,1-2H3,(H,42,45). The van der Waals surface area contributed by atoms with E-state index in [0.29, 0.717) is 38.9 Å². The molecule has 15 heteroatoms. The predicted molar refractivity (Wildman–Crippen MR) is 195 cm³/mol. The number of nitrogens with zero attached hydrogens (tertiary/aromatic N) is 4. The van der Waals surface area contributed by atoms with Crippen LogP contribution in [0, 0.1) is 24.0 Å². The minimum Gasteiger partial charge on any atom is -0.457 e. The fourth-order valence-corrected chi connectivity index (χ4v) is 6.75. The number of nitro benzene ring substituents is 1. The molecule has 0 radical (unpaired) electrons. The molecule has 51 heavy (non-hydrogen) atoms. The summed E-state index contributed by atoms with van der Waals surface area (Å²) in [6, 6.07) is 22.5. The fraction of sp³-hybridized carbons (Fsp3) is 0.139. The first kappa shape index (κ1) is 35.3. The van der Waals surface area contributed by atoms with Crippen LogP contribution in [0.4, 0.5) is 11.4 Å². The van der Waals surface area contributed by atoms with Crippen molar-refractivity contribution in [3.05, 3.63) is 145 Å². The molecule has 2 N–H and O–H groups in total. The number of benzene rings is 4.